The number of halogens is 1. The number of fused-ring (bicyclic) bond motifs is 1. The summed E-state index contributed by atoms with van der Waals surface area (Å²) >= 11 is 4.88. The fourth-order valence-electron chi connectivity index (χ4n) is 2.94. The predicted molar refractivity (Wildman–Crippen MR) is 116 cm³/mol. The van der Waals surface area contributed by atoms with E-state index in [1.54, 1.807) is 12.1 Å². The van der Waals surface area contributed by atoms with Crippen molar-refractivity contribution >= 4 is 53.7 Å². The topological polar surface area (TPSA) is 49.7 Å². The van der Waals surface area contributed by atoms with Crippen molar-refractivity contribution in [1.82, 2.24) is 4.31 Å². The predicted octanol–water partition coefficient (Wildman–Crippen LogP) is 4.90. The Morgan fingerprint density at radius 3 is 2.52 bits per heavy atom. The minimum Gasteiger partial charge on any atom is -0.260 e. The summed E-state index contributed by atoms with van der Waals surface area (Å²) in [6.45, 7) is 0.882. The maximum atomic E-state index is 13.2. The third kappa shape index (κ3) is 3.90. The van der Waals surface area contributed by atoms with E-state index in [4.69, 9.17) is 0 Å². The molecule has 0 aliphatic carbocycles. The van der Waals surface area contributed by atoms with Crippen molar-refractivity contribution in [3.8, 4) is 0 Å². The number of aliphatic imine (C=N–C) groups is 1. The zero-order valence-corrected chi connectivity index (χ0v) is 17.6. The summed E-state index contributed by atoms with van der Waals surface area (Å²) in [5, 5.41) is 2.50. The van der Waals surface area contributed by atoms with Gasteiger partial charge in [0.25, 0.3) is 10.0 Å². The van der Waals surface area contributed by atoms with Crippen molar-refractivity contribution in [1.29, 1.82) is 0 Å². The molecule has 0 amide bonds. The molecule has 4 nitrogen and oxygen atoms in total. The van der Waals surface area contributed by atoms with Crippen LogP contribution in [0.5, 0.6) is 0 Å². The normalized spacial score (nSPS) is 14.6. The molecular formula is C20H17BrN2O2S2. The summed E-state index contributed by atoms with van der Waals surface area (Å²) in [7, 11) is -3.62. The monoisotopic (exact) mass is 460 g/mol. The van der Waals surface area contributed by atoms with Gasteiger partial charge in [-0.1, -0.05) is 70.2 Å². The highest BCUT2D eigenvalue weighted by atomic mass is 79.9. The zero-order valence-electron chi connectivity index (χ0n) is 14.4. The molecule has 3 aromatic rings. The van der Waals surface area contributed by atoms with Crippen LogP contribution < -0.4 is 0 Å². The Hall–Kier alpha value is -1.83. The first kappa shape index (κ1) is 18.5. The molecule has 0 N–H and O–H groups in total. The van der Waals surface area contributed by atoms with E-state index >= 15 is 0 Å². The zero-order chi connectivity index (χ0) is 18.9. The van der Waals surface area contributed by atoms with Gasteiger partial charge in [-0.05, 0) is 40.6 Å². The van der Waals surface area contributed by atoms with Gasteiger partial charge in [-0.3, -0.25) is 4.99 Å². The first-order valence-electron chi connectivity index (χ1n) is 8.47. The third-order valence-corrected chi connectivity index (χ3v) is 7.87. The van der Waals surface area contributed by atoms with Crippen LogP contribution in [0.2, 0.25) is 0 Å². The number of amidine groups is 1. The van der Waals surface area contributed by atoms with E-state index in [0.29, 0.717) is 28.9 Å². The Morgan fingerprint density at radius 2 is 1.74 bits per heavy atom. The maximum absolute atomic E-state index is 13.2. The van der Waals surface area contributed by atoms with Gasteiger partial charge in [0.05, 0.1) is 18.0 Å². The molecule has 138 valence electrons. The van der Waals surface area contributed by atoms with Gasteiger partial charge in [0, 0.05) is 10.2 Å². The summed E-state index contributed by atoms with van der Waals surface area (Å²) in [5.41, 5.74) is 1.13. The number of benzene rings is 3. The number of hydrogen-bond acceptors (Lipinski definition) is 4. The van der Waals surface area contributed by atoms with Gasteiger partial charge in [-0.15, -0.1) is 0 Å². The van der Waals surface area contributed by atoms with Gasteiger partial charge in [-0.25, -0.2) is 12.7 Å². The standard InChI is InChI=1S/C20H17BrN2O2S2/c21-18-8-5-15(6-9-18)14-26-20-22-11-12-23(20)27(24,25)19-10-7-16-3-1-2-4-17(16)13-19/h1-10,13H,11-12,14H2. The number of hydrogen-bond donors (Lipinski definition) is 0. The van der Waals surface area contributed by atoms with Crippen LogP contribution in [0, 0.1) is 0 Å². The van der Waals surface area contributed by atoms with E-state index in [0.717, 1.165) is 20.8 Å². The fraction of sp³-hybridized carbons (Fsp3) is 0.150. The maximum Gasteiger partial charge on any atom is 0.265 e. The Morgan fingerprint density at radius 1 is 1.00 bits per heavy atom. The lowest BCUT2D eigenvalue weighted by Crippen LogP contribution is -2.32. The lowest BCUT2D eigenvalue weighted by Gasteiger charge is -2.20. The average molecular weight is 461 g/mol. The Balaban J connectivity index is 1.56. The second kappa shape index (κ2) is 7.66. The molecule has 1 heterocycles. The lowest BCUT2D eigenvalue weighted by atomic mass is 10.1. The molecule has 3 aromatic carbocycles. The molecular weight excluding hydrogens is 444 g/mol. The highest BCUT2D eigenvalue weighted by molar-refractivity contribution is 9.10. The van der Waals surface area contributed by atoms with E-state index in [1.807, 2.05) is 54.6 Å². The second-order valence-electron chi connectivity index (χ2n) is 6.17. The molecule has 0 spiro atoms. The van der Waals surface area contributed by atoms with Crippen molar-refractivity contribution in [2.24, 2.45) is 4.99 Å². The van der Waals surface area contributed by atoms with Crippen LogP contribution in [0.1, 0.15) is 5.56 Å². The summed E-state index contributed by atoms with van der Waals surface area (Å²) in [6, 6.07) is 21.0. The fourth-order valence-corrected chi connectivity index (χ4v) is 5.91. The van der Waals surface area contributed by atoms with Crippen molar-refractivity contribution in [2.45, 2.75) is 10.6 Å². The number of thioether (sulfide) groups is 1. The van der Waals surface area contributed by atoms with Crippen molar-refractivity contribution < 1.29 is 8.42 Å². The minimum atomic E-state index is -3.62. The second-order valence-corrected chi connectivity index (χ2v) is 9.89. The first-order valence-corrected chi connectivity index (χ1v) is 11.7. The van der Waals surface area contributed by atoms with Crippen LogP contribution in [0.15, 0.2) is 81.1 Å². The van der Waals surface area contributed by atoms with Crippen LogP contribution in [0.4, 0.5) is 0 Å². The molecule has 27 heavy (non-hydrogen) atoms. The van der Waals surface area contributed by atoms with Crippen LogP contribution in [-0.2, 0) is 15.8 Å². The van der Waals surface area contributed by atoms with Crippen LogP contribution in [-0.4, -0.2) is 31.0 Å². The molecule has 4 rings (SSSR count). The summed E-state index contributed by atoms with van der Waals surface area (Å²) in [5.74, 6) is 0.676. The molecule has 0 unspecified atom stereocenters. The number of nitrogens with zero attached hydrogens (tertiary/aromatic N) is 2. The molecule has 0 saturated heterocycles. The lowest BCUT2D eigenvalue weighted by molar-refractivity contribution is 0.540. The first-order chi connectivity index (χ1) is 13.0. The van der Waals surface area contributed by atoms with E-state index in [9.17, 15) is 8.42 Å². The van der Waals surface area contributed by atoms with Crippen molar-refractivity contribution in [3.63, 3.8) is 0 Å². The van der Waals surface area contributed by atoms with Gasteiger partial charge < -0.3 is 0 Å². The van der Waals surface area contributed by atoms with Gasteiger partial charge in [0.1, 0.15) is 0 Å². The minimum absolute atomic E-state index is 0.306. The SMILES string of the molecule is O=S(=O)(c1ccc2ccccc2c1)N1CCN=C1SCc1ccc(Br)cc1. The molecule has 0 saturated carbocycles. The van der Waals surface area contributed by atoms with Gasteiger partial charge >= 0.3 is 0 Å². The Labute approximate surface area is 171 Å². The summed E-state index contributed by atoms with van der Waals surface area (Å²) in [4.78, 5) is 4.73. The van der Waals surface area contributed by atoms with Crippen LogP contribution >= 0.6 is 27.7 Å². The quantitative estimate of drug-likeness (QED) is 0.556. The van der Waals surface area contributed by atoms with E-state index in [2.05, 4.69) is 20.9 Å². The molecule has 1 aliphatic heterocycles. The Kier molecular flexibility index (Phi) is 5.25. The van der Waals surface area contributed by atoms with Crippen LogP contribution in [0.25, 0.3) is 10.8 Å². The van der Waals surface area contributed by atoms with Gasteiger partial charge in [-0.2, -0.15) is 0 Å². The number of rotatable bonds is 4. The Bertz CT molecular complexity index is 1110. The highest BCUT2D eigenvalue weighted by Gasteiger charge is 2.31. The van der Waals surface area contributed by atoms with Gasteiger partial charge in [0.2, 0.25) is 0 Å². The van der Waals surface area contributed by atoms with E-state index < -0.39 is 10.0 Å². The molecule has 0 fully saturated rings. The van der Waals surface area contributed by atoms with Gasteiger partial charge in [0.15, 0.2) is 5.17 Å². The van der Waals surface area contributed by atoms with Crippen molar-refractivity contribution in [2.75, 3.05) is 13.1 Å². The van der Waals surface area contributed by atoms with E-state index in [-0.39, 0.29) is 0 Å². The molecule has 0 bridgehead atoms. The molecule has 1 aliphatic rings. The largest absolute Gasteiger partial charge is 0.265 e. The molecule has 7 heteroatoms. The molecule has 0 radical (unpaired) electrons. The summed E-state index contributed by atoms with van der Waals surface area (Å²) < 4.78 is 28.8. The number of sulfonamides is 1. The highest BCUT2D eigenvalue weighted by Crippen LogP contribution is 2.28. The van der Waals surface area contributed by atoms with Crippen LogP contribution in [0.3, 0.4) is 0 Å². The third-order valence-electron chi connectivity index (χ3n) is 4.35. The molecule has 0 atom stereocenters. The van der Waals surface area contributed by atoms with Crippen molar-refractivity contribution in [3.05, 3.63) is 76.8 Å². The summed E-state index contributed by atoms with van der Waals surface area (Å²) in [6.07, 6.45) is 0. The van der Waals surface area contributed by atoms with E-state index in [1.165, 1.54) is 16.1 Å². The smallest absolute Gasteiger partial charge is 0.260 e. The average Bonchev–Trinajstić information content (AvgIpc) is 3.17. The molecule has 0 aromatic heterocycles.